The Labute approximate surface area is 132 Å². The van der Waals surface area contributed by atoms with Gasteiger partial charge in [-0.25, -0.2) is 0 Å². The maximum Gasteiger partial charge on any atom is 0.106 e. The zero-order chi connectivity index (χ0) is 14.1. The minimum Gasteiger partial charge on any atom is -0.389 e. The fourth-order valence-electron chi connectivity index (χ4n) is 2.73. The fraction of sp³-hybridized carbons (Fsp3) is 0.188. The summed E-state index contributed by atoms with van der Waals surface area (Å²) in [6, 6.07) is 15.0. The summed E-state index contributed by atoms with van der Waals surface area (Å²) >= 11 is 8.62. The zero-order valence-corrected chi connectivity index (χ0v) is 13.3. The van der Waals surface area contributed by atoms with Gasteiger partial charge in [-0.2, -0.15) is 0 Å². The van der Waals surface area contributed by atoms with Gasteiger partial charge in [0.05, 0.1) is 0 Å². The van der Waals surface area contributed by atoms with Gasteiger partial charge in [-0.05, 0) is 42.2 Å². The summed E-state index contributed by atoms with van der Waals surface area (Å²) in [7, 11) is 0. The van der Waals surface area contributed by atoms with Gasteiger partial charge in [0.1, 0.15) is 4.99 Å². The quantitative estimate of drug-likeness (QED) is 0.833. The molecule has 0 unspecified atom stereocenters. The Morgan fingerprint density at radius 2 is 1.80 bits per heavy atom. The van der Waals surface area contributed by atoms with E-state index in [4.69, 9.17) is 18.0 Å². The molecule has 0 saturated carbocycles. The van der Waals surface area contributed by atoms with Crippen LogP contribution in [0.4, 0.5) is 5.69 Å². The smallest absolute Gasteiger partial charge is 0.106 e. The molecule has 0 fully saturated rings. The van der Waals surface area contributed by atoms with Crippen molar-refractivity contribution < 1.29 is 0 Å². The van der Waals surface area contributed by atoms with Crippen LogP contribution in [0, 0.1) is 0 Å². The van der Waals surface area contributed by atoms with E-state index < -0.39 is 0 Å². The van der Waals surface area contributed by atoms with Gasteiger partial charge in [0, 0.05) is 21.8 Å². The Morgan fingerprint density at radius 1 is 1.15 bits per heavy atom. The Bertz CT molecular complexity index is 644. The fourth-order valence-corrected chi connectivity index (χ4v) is 3.27. The molecule has 0 aliphatic heterocycles. The van der Waals surface area contributed by atoms with Gasteiger partial charge in [-0.1, -0.05) is 52.4 Å². The van der Waals surface area contributed by atoms with Crippen molar-refractivity contribution in [3.63, 3.8) is 0 Å². The lowest BCUT2D eigenvalue weighted by atomic mass is 10.1. The molecule has 1 aliphatic rings. The first kappa shape index (κ1) is 13.6. The van der Waals surface area contributed by atoms with Crippen LogP contribution >= 0.6 is 28.1 Å². The lowest BCUT2D eigenvalue weighted by Gasteiger charge is -2.17. The van der Waals surface area contributed by atoms with Crippen LogP contribution in [0.5, 0.6) is 0 Å². The van der Waals surface area contributed by atoms with Gasteiger partial charge >= 0.3 is 0 Å². The van der Waals surface area contributed by atoms with E-state index in [1.165, 1.54) is 11.1 Å². The average Bonchev–Trinajstić information content (AvgIpc) is 2.80. The standard InChI is InChI=1S/C16H15BrN2S/c17-12-5-6-14(16(18)20)15(9-12)19-13-7-10-3-1-2-4-11(10)8-13/h1-6,9,13,19H,7-8H2,(H2,18,20). The summed E-state index contributed by atoms with van der Waals surface area (Å²) in [5.74, 6) is 0. The predicted octanol–water partition coefficient (Wildman–Crippen LogP) is 3.66. The van der Waals surface area contributed by atoms with Crippen LogP contribution in [0.15, 0.2) is 46.9 Å². The molecule has 0 saturated heterocycles. The number of nitrogens with two attached hydrogens (primary N) is 1. The minimum atomic E-state index is 0.398. The molecule has 20 heavy (non-hydrogen) atoms. The van der Waals surface area contributed by atoms with E-state index >= 15 is 0 Å². The van der Waals surface area contributed by atoms with Crippen LogP contribution in [0.2, 0.25) is 0 Å². The maximum absolute atomic E-state index is 5.80. The number of halogens is 1. The van der Waals surface area contributed by atoms with Crippen LogP contribution in [0.3, 0.4) is 0 Å². The minimum absolute atomic E-state index is 0.398. The van der Waals surface area contributed by atoms with Crippen molar-refractivity contribution in [1.29, 1.82) is 0 Å². The molecule has 0 atom stereocenters. The molecular formula is C16H15BrN2S. The molecule has 0 radical (unpaired) electrons. The number of anilines is 1. The molecule has 3 rings (SSSR count). The number of fused-ring (bicyclic) bond motifs is 1. The lowest BCUT2D eigenvalue weighted by Crippen LogP contribution is -2.22. The molecule has 102 valence electrons. The van der Waals surface area contributed by atoms with Crippen molar-refractivity contribution in [1.82, 2.24) is 0 Å². The number of hydrogen-bond donors (Lipinski definition) is 2. The summed E-state index contributed by atoms with van der Waals surface area (Å²) in [6.45, 7) is 0. The summed E-state index contributed by atoms with van der Waals surface area (Å²) in [5, 5.41) is 3.58. The number of hydrogen-bond acceptors (Lipinski definition) is 2. The van der Waals surface area contributed by atoms with Crippen molar-refractivity contribution in [2.24, 2.45) is 5.73 Å². The number of benzene rings is 2. The van der Waals surface area contributed by atoms with E-state index in [2.05, 4.69) is 45.5 Å². The van der Waals surface area contributed by atoms with Crippen LogP contribution in [0.25, 0.3) is 0 Å². The largest absolute Gasteiger partial charge is 0.389 e. The number of rotatable bonds is 3. The third-order valence-corrected chi connectivity index (χ3v) is 4.37. The van der Waals surface area contributed by atoms with Gasteiger partial charge in [-0.15, -0.1) is 0 Å². The molecule has 2 aromatic carbocycles. The van der Waals surface area contributed by atoms with Gasteiger partial charge in [0.15, 0.2) is 0 Å². The Morgan fingerprint density at radius 3 is 2.40 bits per heavy atom. The second-order valence-electron chi connectivity index (χ2n) is 5.07. The monoisotopic (exact) mass is 346 g/mol. The SMILES string of the molecule is NC(=S)c1ccc(Br)cc1NC1Cc2ccccc2C1. The highest BCUT2D eigenvalue weighted by molar-refractivity contribution is 9.10. The summed E-state index contributed by atoms with van der Waals surface area (Å²) in [5.41, 5.74) is 10.6. The second kappa shape index (κ2) is 5.54. The molecule has 4 heteroatoms. The van der Waals surface area contributed by atoms with Crippen LogP contribution in [-0.2, 0) is 12.8 Å². The average molecular weight is 347 g/mol. The number of nitrogens with one attached hydrogen (secondary N) is 1. The lowest BCUT2D eigenvalue weighted by molar-refractivity contribution is 0.774. The topological polar surface area (TPSA) is 38.0 Å². The molecule has 0 spiro atoms. The summed E-state index contributed by atoms with van der Waals surface area (Å²) < 4.78 is 1.02. The molecule has 3 N–H and O–H groups in total. The summed E-state index contributed by atoms with van der Waals surface area (Å²) in [4.78, 5) is 0.426. The first-order valence-electron chi connectivity index (χ1n) is 6.56. The van der Waals surface area contributed by atoms with Gasteiger partial charge in [-0.3, -0.25) is 0 Å². The first-order valence-corrected chi connectivity index (χ1v) is 7.76. The van der Waals surface area contributed by atoms with E-state index in [1.807, 2.05) is 18.2 Å². The van der Waals surface area contributed by atoms with Gasteiger partial charge in [0.25, 0.3) is 0 Å². The van der Waals surface area contributed by atoms with Crippen molar-refractivity contribution in [2.45, 2.75) is 18.9 Å². The van der Waals surface area contributed by atoms with E-state index in [-0.39, 0.29) is 0 Å². The molecule has 2 nitrogen and oxygen atoms in total. The molecule has 0 heterocycles. The predicted molar refractivity (Wildman–Crippen MR) is 91.3 cm³/mol. The second-order valence-corrected chi connectivity index (χ2v) is 6.43. The van der Waals surface area contributed by atoms with Crippen molar-refractivity contribution in [3.8, 4) is 0 Å². The van der Waals surface area contributed by atoms with Crippen LogP contribution < -0.4 is 11.1 Å². The normalized spacial score (nSPS) is 14.1. The van der Waals surface area contributed by atoms with Crippen molar-refractivity contribution >= 4 is 38.8 Å². The zero-order valence-electron chi connectivity index (χ0n) is 10.9. The molecule has 0 aromatic heterocycles. The van der Waals surface area contributed by atoms with Crippen molar-refractivity contribution in [2.75, 3.05) is 5.32 Å². The van der Waals surface area contributed by atoms with Crippen LogP contribution in [0.1, 0.15) is 16.7 Å². The molecule has 2 aromatic rings. The van der Waals surface area contributed by atoms with Crippen LogP contribution in [-0.4, -0.2) is 11.0 Å². The third-order valence-electron chi connectivity index (χ3n) is 3.66. The van der Waals surface area contributed by atoms with E-state index in [9.17, 15) is 0 Å². The number of thiocarbonyl (C=S) groups is 1. The molecule has 0 bridgehead atoms. The Kier molecular flexibility index (Phi) is 3.76. The van der Waals surface area contributed by atoms with E-state index in [0.29, 0.717) is 11.0 Å². The highest BCUT2D eigenvalue weighted by atomic mass is 79.9. The van der Waals surface area contributed by atoms with E-state index in [0.717, 1.165) is 28.6 Å². The maximum atomic E-state index is 5.80. The van der Waals surface area contributed by atoms with Crippen molar-refractivity contribution in [3.05, 3.63) is 63.6 Å². The van der Waals surface area contributed by atoms with E-state index in [1.54, 1.807) is 0 Å². The third kappa shape index (κ3) is 2.72. The first-order chi connectivity index (χ1) is 9.63. The highest BCUT2D eigenvalue weighted by Crippen LogP contribution is 2.27. The molecular weight excluding hydrogens is 332 g/mol. The highest BCUT2D eigenvalue weighted by Gasteiger charge is 2.21. The van der Waals surface area contributed by atoms with Gasteiger partial charge < -0.3 is 11.1 Å². The Balaban J connectivity index is 1.83. The Hall–Kier alpha value is -1.39. The summed E-state index contributed by atoms with van der Waals surface area (Å²) in [6.07, 6.45) is 2.08. The van der Waals surface area contributed by atoms with Gasteiger partial charge in [0.2, 0.25) is 0 Å². The molecule has 1 aliphatic carbocycles. The molecule has 0 amide bonds.